The van der Waals surface area contributed by atoms with E-state index in [-0.39, 0.29) is 0 Å². The summed E-state index contributed by atoms with van der Waals surface area (Å²) in [6, 6.07) is 19.9. The van der Waals surface area contributed by atoms with E-state index in [1.807, 2.05) is 13.8 Å². The van der Waals surface area contributed by atoms with Gasteiger partial charge in [0.25, 0.3) is 0 Å². The average molecular weight is 343 g/mol. The summed E-state index contributed by atoms with van der Waals surface area (Å²) in [5, 5.41) is 0. The fraction of sp³-hybridized carbons (Fsp3) is 0.455. The van der Waals surface area contributed by atoms with Crippen LogP contribution in [0.15, 0.2) is 54.6 Å². The van der Waals surface area contributed by atoms with Crippen molar-refractivity contribution in [2.45, 2.75) is 58.0 Å². The van der Waals surface area contributed by atoms with E-state index >= 15 is 0 Å². The Kier molecular flexibility index (Phi) is 8.41. The van der Waals surface area contributed by atoms with E-state index in [2.05, 4.69) is 67.2 Å². The Hall–Kier alpha value is -1.25. The molecule has 0 amide bonds. The van der Waals surface area contributed by atoms with Crippen molar-refractivity contribution in [2.24, 2.45) is 0 Å². The van der Waals surface area contributed by atoms with Crippen LogP contribution in [0.2, 0.25) is 0 Å². The molecule has 1 aliphatic carbocycles. The SMILES string of the molecule is CC.SCOCc1ccc(C2CCC(c3ccccc3)CC2)cc1. The Morgan fingerprint density at radius 2 is 1.29 bits per heavy atom. The zero-order valence-electron chi connectivity index (χ0n) is 14.9. The molecule has 2 heteroatoms. The van der Waals surface area contributed by atoms with Crippen molar-refractivity contribution in [1.82, 2.24) is 0 Å². The first-order chi connectivity index (χ1) is 11.9. The molecule has 24 heavy (non-hydrogen) atoms. The van der Waals surface area contributed by atoms with Gasteiger partial charge in [0, 0.05) is 0 Å². The molecule has 0 radical (unpaired) electrons. The zero-order valence-corrected chi connectivity index (χ0v) is 15.8. The number of rotatable bonds is 5. The molecule has 130 valence electrons. The predicted octanol–water partition coefficient (Wildman–Crippen LogP) is 6.56. The molecule has 0 saturated heterocycles. The molecule has 0 bridgehead atoms. The molecule has 0 N–H and O–H groups in total. The second-order valence-electron chi connectivity index (χ2n) is 6.18. The Bertz CT molecular complexity index is 556. The van der Waals surface area contributed by atoms with Crippen LogP contribution in [-0.4, -0.2) is 5.94 Å². The van der Waals surface area contributed by atoms with E-state index < -0.39 is 0 Å². The highest BCUT2D eigenvalue weighted by atomic mass is 32.1. The van der Waals surface area contributed by atoms with Crippen molar-refractivity contribution >= 4 is 12.6 Å². The van der Waals surface area contributed by atoms with Crippen LogP contribution in [0, 0.1) is 0 Å². The van der Waals surface area contributed by atoms with Crippen LogP contribution in [0.4, 0.5) is 0 Å². The molecule has 0 heterocycles. The lowest BCUT2D eigenvalue weighted by molar-refractivity contribution is 0.170. The van der Waals surface area contributed by atoms with Gasteiger partial charge < -0.3 is 4.74 Å². The number of hydrogen-bond donors (Lipinski definition) is 1. The first-order valence-electron chi connectivity index (χ1n) is 9.19. The van der Waals surface area contributed by atoms with Gasteiger partial charge in [0.15, 0.2) is 0 Å². The summed E-state index contributed by atoms with van der Waals surface area (Å²) in [6.07, 6.45) is 5.20. The number of thiol groups is 1. The maximum Gasteiger partial charge on any atom is 0.0897 e. The second kappa shape index (κ2) is 10.6. The van der Waals surface area contributed by atoms with Crippen LogP contribution in [-0.2, 0) is 11.3 Å². The lowest BCUT2D eigenvalue weighted by Crippen LogP contribution is -2.12. The minimum Gasteiger partial charge on any atom is -0.366 e. The number of benzene rings is 2. The molecule has 0 aliphatic heterocycles. The van der Waals surface area contributed by atoms with Crippen LogP contribution in [0.5, 0.6) is 0 Å². The Balaban J connectivity index is 0.00000100. The van der Waals surface area contributed by atoms with E-state index in [9.17, 15) is 0 Å². The van der Waals surface area contributed by atoms with Gasteiger partial charge in [0.2, 0.25) is 0 Å². The minimum atomic E-state index is 0.477. The quantitative estimate of drug-likeness (QED) is 0.478. The Morgan fingerprint density at radius 3 is 1.79 bits per heavy atom. The first kappa shape index (κ1) is 19.1. The van der Waals surface area contributed by atoms with E-state index in [1.165, 1.54) is 42.4 Å². The van der Waals surface area contributed by atoms with Gasteiger partial charge >= 0.3 is 0 Å². The highest BCUT2D eigenvalue weighted by Gasteiger charge is 2.23. The average Bonchev–Trinajstić information content (AvgIpc) is 2.69. The van der Waals surface area contributed by atoms with Crippen LogP contribution >= 0.6 is 12.6 Å². The molecule has 1 saturated carbocycles. The lowest BCUT2D eigenvalue weighted by atomic mass is 9.76. The summed E-state index contributed by atoms with van der Waals surface area (Å²) in [6.45, 7) is 4.66. The molecule has 0 unspecified atom stereocenters. The van der Waals surface area contributed by atoms with Crippen molar-refractivity contribution in [3.63, 3.8) is 0 Å². The number of hydrogen-bond acceptors (Lipinski definition) is 2. The second-order valence-corrected chi connectivity index (χ2v) is 6.44. The molecule has 2 aromatic rings. The topological polar surface area (TPSA) is 9.23 Å². The predicted molar refractivity (Wildman–Crippen MR) is 107 cm³/mol. The lowest BCUT2D eigenvalue weighted by Gasteiger charge is -2.29. The molecule has 1 nitrogen and oxygen atoms in total. The Morgan fingerprint density at radius 1 is 0.792 bits per heavy atom. The van der Waals surface area contributed by atoms with Gasteiger partial charge in [-0.3, -0.25) is 0 Å². The third-order valence-electron chi connectivity index (χ3n) is 4.81. The van der Waals surface area contributed by atoms with Crippen molar-refractivity contribution in [2.75, 3.05) is 5.94 Å². The molecule has 3 rings (SSSR count). The molecular formula is C22H30OS. The third kappa shape index (κ3) is 5.39. The van der Waals surface area contributed by atoms with E-state index in [4.69, 9.17) is 4.74 Å². The molecule has 1 aliphatic rings. The van der Waals surface area contributed by atoms with E-state index in [0.717, 1.165) is 11.8 Å². The van der Waals surface area contributed by atoms with Crippen LogP contribution in [0.25, 0.3) is 0 Å². The van der Waals surface area contributed by atoms with Crippen LogP contribution in [0.1, 0.15) is 68.1 Å². The van der Waals surface area contributed by atoms with Crippen molar-refractivity contribution in [3.8, 4) is 0 Å². The standard InChI is InChI=1S/C20H24OS.C2H6/c22-15-21-14-16-6-8-18(9-7-16)20-12-10-19(11-13-20)17-4-2-1-3-5-17;1-2/h1-9,19-20,22H,10-15H2;1-2H3. The normalized spacial score (nSPS) is 20.1. The van der Waals surface area contributed by atoms with Crippen LogP contribution < -0.4 is 0 Å². The zero-order chi connectivity index (χ0) is 17.2. The van der Waals surface area contributed by atoms with E-state index in [0.29, 0.717) is 12.5 Å². The Labute approximate surface area is 152 Å². The molecule has 0 atom stereocenters. The summed E-state index contributed by atoms with van der Waals surface area (Å²) in [7, 11) is 0. The summed E-state index contributed by atoms with van der Waals surface area (Å²) in [5.74, 6) is 1.95. The summed E-state index contributed by atoms with van der Waals surface area (Å²) < 4.78 is 5.33. The van der Waals surface area contributed by atoms with Crippen molar-refractivity contribution in [1.29, 1.82) is 0 Å². The van der Waals surface area contributed by atoms with Crippen molar-refractivity contribution in [3.05, 3.63) is 71.3 Å². The summed E-state index contributed by atoms with van der Waals surface area (Å²) in [4.78, 5) is 0. The smallest absolute Gasteiger partial charge is 0.0897 e. The molecular weight excluding hydrogens is 312 g/mol. The number of ether oxygens (including phenoxy) is 1. The fourth-order valence-corrected chi connectivity index (χ4v) is 3.63. The maximum atomic E-state index is 5.33. The highest BCUT2D eigenvalue weighted by molar-refractivity contribution is 7.80. The van der Waals surface area contributed by atoms with Gasteiger partial charge in [-0.05, 0) is 54.2 Å². The van der Waals surface area contributed by atoms with Gasteiger partial charge in [0.05, 0.1) is 12.5 Å². The van der Waals surface area contributed by atoms with Gasteiger partial charge in [-0.2, -0.15) is 12.6 Å². The molecule has 0 spiro atoms. The minimum absolute atomic E-state index is 0.477. The maximum absolute atomic E-state index is 5.33. The third-order valence-corrected chi connectivity index (χ3v) is 4.99. The molecule has 0 aromatic heterocycles. The monoisotopic (exact) mass is 342 g/mol. The van der Waals surface area contributed by atoms with Gasteiger partial charge in [-0.25, -0.2) is 0 Å². The highest BCUT2D eigenvalue weighted by Crippen LogP contribution is 2.40. The molecule has 1 fully saturated rings. The summed E-state index contributed by atoms with van der Waals surface area (Å²) >= 11 is 4.07. The van der Waals surface area contributed by atoms with E-state index in [1.54, 1.807) is 0 Å². The van der Waals surface area contributed by atoms with Crippen molar-refractivity contribution < 1.29 is 4.74 Å². The summed E-state index contributed by atoms with van der Waals surface area (Å²) in [5.41, 5.74) is 4.23. The fourth-order valence-electron chi connectivity index (χ4n) is 3.53. The first-order valence-corrected chi connectivity index (χ1v) is 9.82. The van der Waals surface area contributed by atoms with Crippen LogP contribution in [0.3, 0.4) is 0 Å². The van der Waals surface area contributed by atoms with Gasteiger partial charge in [0.1, 0.15) is 0 Å². The molecule has 2 aromatic carbocycles. The van der Waals surface area contributed by atoms with Gasteiger partial charge in [-0.1, -0.05) is 68.4 Å². The largest absolute Gasteiger partial charge is 0.366 e. The van der Waals surface area contributed by atoms with Gasteiger partial charge in [-0.15, -0.1) is 0 Å².